The zero-order chi connectivity index (χ0) is 30.1. The molecular formula is C32H42Cl2N4O4S. The van der Waals surface area contributed by atoms with E-state index in [0.29, 0.717) is 47.9 Å². The van der Waals surface area contributed by atoms with Gasteiger partial charge in [-0.3, -0.25) is 9.10 Å². The van der Waals surface area contributed by atoms with Gasteiger partial charge in [-0.1, -0.05) is 54.1 Å². The first-order valence-electron chi connectivity index (χ1n) is 14.5. The molecule has 0 radical (unpaired) electrons. The predicted octanol–water partition coefficient (Wildman–Crippen LogP) is 5.05. The van der Waals surface area contributed by atoms with E-state index in [4.69, 9.17) is 11.6 Å². The summed E-state index contributed by atoms with van der Waals surface area (Å²) in [6.45, 7) is 5.25. The highest BCUT2D eigenvalue weighted by Crippen LogP contribution is 2.28. The average Bonchev–Trinajstić information content (AvgIpc) is 2.96. The van der Waals surface area contributed by atoms with E-state index in [2.05, 4.69) is 16.0 Å². The van der Waals surface area contributed by atoms with Crippen molar-refractivity contribution in [3.05, 3.63) is 94.5 Å². The first kappa shape index (κ1) is 34.7. The number of hydrogen-bond acceptors (Lipinski definition) is 6. The first-order chi connectivity index (χ1) is 20.1. The van der Waals surface area contributed by atoms with E-state index in [0.717, 1.165) is 24.0 Å². The fourth-order valence-corrected chi connectivity index (χ4v) is 7.06. The summed E-state index contributed by atoms with van der Waals surface area (Å²) < 4.78 is 27.0. The van der Waals surface area contributed by atoms with Gasteiger partial charge in [-0.2, -0.15) is 0 Å². The summed E-state index contributed by atoms with van der Waals surface area (Å²) in [5.41, 5.74) is 3.54. The number of benzene rings is 3. The maximum atomic E-state index is 13.7. The molecule has 3 aromatic carbocycles. The van der Waals surface area contributed by atoms with Crippen LogP contribution in [-0.4, -0.2) is 63.0 Å². The summed E-state index contributed by atoms with van der Waals surface area (Å²) in [5.74, 6) is -0.286. The lowest BCUT2D eigenvalue weighted by Gasteiger charge is -2.29. The number of sulfonamides is 1. The molecule has 1 unspecified atom stereocenters. The van der Waals surface area contributed by atoms with Crippen molar-refractivity contribution in [2.75, 3.05) is 35.0 Å². The van der Waals surface area contributed by atoms with Gasteiger partial charge in [0.15, 0.2) is 0 Å². The van der Waals surface area contributed by atoms with Gasteiger partial charge >= 0.3 is 0 Å². The highest BCUT2D eigenvalue weighted by Gasteiger charge is 2.28. The zero-order valence-electron chi connectivity index (χ0n) is 24.6. The number of nitrogens with one attached hydrogen (secondary N) is 3. The summed E-state index contributed by atoms with van der Waals surface area (Å²) in [4.78, 5) is 13.7. The predicted molar refractivity (Wildman–Crippen MR) is 178 cm³/mol. The topological polar surface area (TPSA) is 111 Å². The van der Waals surface area contributed by atoms with Crippen LogP contribution in [-0.2, 0) is 22.9 Å². The van der Waals surface area contributed by atoms with E-state index >= 15 is 0 Å². The molecule has 43 heavy (non-hydrogen) atoms. The van der Waals surface area contributed by atoms with Crippen LogP contribution in [0.4, 0.5) is 11.4 Å². The molecule has 0 aromatic heterocycles. The largest absolute Gasteiger partial charge is 0.390 e. The van der Waals surface area contributed by atoms with Gasteiger partial charge in [0, 0.05) is 41.9 Å². The maximum absolute atomic E-state index is 13.7. The monoisotopic (exact) mass is 648 g/mol. The Balaban J connectivity index is 0.00000506. The van der Waals surface area contributed by atoms with Crippen LogP contribution >= 0.6 is 24.0 Å². The quantitative estimate of drug-likeness (QED) is 0.207. The maximum Gasteiger partial charge on any atom is 0.251 e. The summed E-state index contributed by atoms with van der Waals surface area (Å²) in [5, 5.41) is 21.6. The fourth-order valence-electron chi connectivity index (χ4n) is 5.23. The lowest BCUT2D eigenvalue weighted by atomic mass is 9.99. The number of nitrogens with zero attached hydrogens (tertiary/aromatic N) is 1. The number of amides is 1. The summed E-state index contributed by atoms with van der Waals surface area (Å²) in [7, 11) is -3.45. The first-order valence-corrected chi connectivity index (χ1v) is 16.5. The van der Waals surface area contributed by atoms with Gasteiger partial charge in [0.05, 0.1) is 23.6 Å². The van der Waals surface area contributed by atoms with E-state index in [1.807, 2.05) is 68.4 Å². The molecule has 4 rings (SSSR count). The lowest BCUT2D eigenvalue weighted by molar-refractivity contribution is 0.0826. The van der Waals surface area contributed by atoms with Crippen LogP contribution in [0.15, 0.2) is 72.8 Å². The second-order valence-electron chi connectivity index (χ2n) is 10.9. The Morgan fingerprint density at radius 1 is 1.00 bits per heavy atom. The summed E-state index contributed by atoms with van der Waals surface area (Å²) in [6.07, 6.45) is 1.68. The Hall–Kier alpha value is -2.82. The Bertz CT molecular complexity index is 1440. The molecule has 0 saturated carbocycles. The number of aliphatic hydroxyl groups is 1. The third kappa shape index (κ3) is 10.1. The van der Waals surface area contributed by atoms with Crippen molar-refractivity contribution in [2.24, 2.45) is 0 Å². The molecule has 1 aliphatic rings. The molecule has 0 spiro atoms. The number of rotatable bonds is 13. The van der Waals surface area contributed by atoms with E-state index < -0.39 is 22.2 Å². The minimum absolute atomic E-state index is 0. The molecule has 1 saturated heterocycles. The fraction of sp³-hybridized carbons (Fsp3) is 0.406. The molecule has 1 heterocycles. The zero-order valence-corrected chi connectivity index (χ0v) is 27.0. The Kier molecular flexibility index (Phi) is 13.1. The minimum Gasteiger partial charge on any atom is -0.390 e. The summed E-state index contributed by atoms with van der Waals surface area (Å²) in [6, 6.07) is 22.0. The SMILES string of the molecule is CCNc1cc(C(=O)N[C@@H](Cc2ccccc2)[C@H](O)CNC(C)Cc2cccc(Cl)c2)cc(N2CCCCS2(=O)=O)c1.Cl. The number of anilines is 2. The molecule has 1 aliphatic heterocycles. The van der Waals surface area contributed by atoms with Crippen LogP contribution in [0.1, 0.15) is 48.2 Å². The molecule has 4 N–H and O–H groups in total. The number of hydrogen-bond donors (Lipinski definition) is 4. The van der Waals surface area contributed by atoms with Crippen LogP contribution in [0.3, 0.4) is 0 Å². The van der Waals surface area contributed by atoms with Crippen LogP contribution in [0, 0.1) is 0 Å². The highest BCUT2D eigenvalue weighted by atomic mass is 35.5. The van der Waals surface area contributed by atoms with Crippen molar-refractivity contribution in [2.45, 2.75) is 57.7 Å². The molecule has 0 aliphatic carbocycles. The third-order valence-corrected chi connectivity index (χ3v) is 9.49. The van der Waals surface area contributed by atoms with Gasteiger partial charge in [-0.05, 0) is 81.0 Å². The molecule has 1 amide bonds. The highest BCUT2D eigenvalue weighted by molar-refractivity contribution is 7.92. The van der Waals surface area contributed by atoms with Crippen molar-refractivity contribution >= 4 is 51.3 Å². The number of carbonyl (C=O) groups excluding carboxylic acids is 1. The smallest absolute Gasteiger partial charge is 0.251 e. The average molecular weight is 650 g/mol. The van der Waals surface area contributed by atoms with Crippen LogP contribution in [0.2, 0.25) is 5.02 Å². The molecule has 1 fully saturated rings. The van der Waals surface area contributed by atoms with E-state index in [-0.39, 0.29) is 36.7 Å². The van der Waals surface area contributed by atoms with Crippen molar-refractivity contribution in [3.63, 3.8) is 0 Å². The third-order valence-electron chi connectivity index (χ3n) is 7.38. The van der Waals surface area contributed by atoms with Gasteiger partial charge < -0.3 is 21.1 Å². The normalized spacial score (nSPS) is 16.4. The van der Waals surface area contributed by atoms with E-state index in [1.54, 1.807) is 18.2 Å². The molecule has 3 atom stereocenters. The van der Waals surface area contributed by atoms with Crippen molar-refractivity contribution < 1.29 is 18.3 Å². The Morgan fingerprint density at radius 3 is 2.44 bits per heavy atom. The molecule has 3 aromatic rings. The standard InChI is InChI=1S/C32H41ClN4O4S.ClH/c1-3-34-28-19-26(20-29(21-28)37-14-7-8-15-42(37,40)41)32(39)36-30(18-24-10-5-4-6-11-24)31(38)22-35-23(2)16-25-12-9-13-27(33)17-25;/h4-6,9-13,17,19-21,23,30-31,34-35,38H,3,7-8,14-16,18,22H2,1-2H3,(H,36,39);1H/t23?,30-,31+;/m0./s1. The van der Waals surface area contributed by atoms with E-state index in [9.17, 15) is 18.3 Å². The van der Waals surface area contributed by atoms with Crippen LogP contribution in [0.25, 0.3) is 0 Å². The van der Waals surface area contributed by atoms with Gasteiger partial charge in [0.25, 0.3) is 5.91 Å². The molecule has 0 bridgehead atoms. The van der Waals surface area contributed by atoms with Gasteiger partial charge in [0.1, 0.15) is 0 Å². The second kappa shape index (κ2) is 16.3. The van der Waals surface area contributed by atoms with E-state index in [1.165, 1.54) is 4.31 Å². The number of carbonyl (C=O) groups is 1. The van der Waals surface area contributed by atoms with Crippen LogP contribution < -0.4 is 20.3 Å². The molecule has 234 valence electrons. The van der Waals surface area contributed by atoms with Crippen molar-refractivity contribution in [3.8, 4) is 0 Å². The lowest BCUT2D eigenvalue weighted by Crippen LogP contribution is -2.50. The van der Waals surface area contributed by atoms with Crippen molar-refractivity contribution in [1.29, 1.82) is 0 Å². The molecule has 11 heteroatoms. The van der Waals surface area contributed by atoms with Gasteiger partial charge in [0.2, 0.25) is 10.0 Å². The number of aliphatic hydroxyl groups excluding tert-OH is 1. The molecule has 8 nitrogen and oxygen atoms in total. The second-order valence-corrected chi connectivity index (χ2v) is 13.3. The van der Waals surface area contributed by atoms with Crippen LogP contribution in [0.5, 0.6) is 0 Å². The summed E-state index contributed by atoms with van der Waals surface area (Å²) >= 11 is 6.13. The van der Waals surface area contributed by atoms with Gasteiger partial charge in [-0.25, -0.2) is 8.42 Å². The Labute approximate surface area is 266 Å². The Morgan fingerprint density at radius 2 is 1.74 bits per heavy atom. The van der Waals surface area contributed by atoms with Crippen molar-refractivity contribution in [1.82, 2.24) is 10.6 Å². The minimum atomic E-state index is -3.45. The molecular weight excluding hydrogens is 607 g/mol. The number of halogens is 2. The van der Waals surface area contributed by atoms with Gasteiger partial charge in [-0.15, -0.1) is 12.4 Å².